The Balaban J connectivity index is 2.21. The standard InChI is InChI=1S/C13H14FN3O2S/c1-3-8-6-16-12(20-8)7(2)17-11-10(14)9(13(18)19)4-5-15-11/h4-7H,3H2,1-2H3,(H,15,17)(H,18,19). The molecule has 5 nitrogen and oxygen atoms in total. The van der Waals surface area contributed by atoms with Gasteiger partial charge in [-0.25, -0.2) is 19.2 Å². The zero-order valence-corrected chi connectivity index (χ0v) is 11.9. The van der Waals surface area contributed by atoms with Crippen LogP contribution in [0.3, 0.4) is 0 Å². The van der Waals surface area contributed by atoms with Crippen molar-refractivity contribution in [2.24, 2.45) is 0 Å². The number of carboxylic acid groups (broad SMARTS) is 1. The topological polar surface area (TPSA) is 75.1 Å². The summed E-state index contributed by atoms with van der Waals surface area (Å²) in [7, 11) is 0. The molecule has 2 aromatic heterocycles. The van der Waals surface area contributed by atoms with Gasteiger partial charge in [0.15, 0.2) is 11.6 Å². The highest BCUT2D eigenvalue weighted by molar-refractivity contribution is 7.11. The van der Waals surface area contributed by atoms with Crippen molar-refractivity contribution < 1.29 is 14.3 Å². The lowest BCUT2D eigenvalue weighted by atomic mass is 10.2. The van der Waals surface area contributed by atoms with Crippen molar-refractivity contribution in [3.63, 3.8) is 0 Å². The average Bonchev–Trinajstić information content (AvgIpc) is 2.89. The fourth-order valence-electron chi connectivity index (χ4n) is 1.66. The van der Waals surface area contributed by atoms with Gasteiger partial charge in [-0.1, -0.05) is 6.92 Å². The second-order valence-electron chi connectivity index (χ2n) is 4.21. The summed E-state index contributed by atoms with van der Waals surface area (Å²) in [5.74, 6) is -2.26. The molecular formula is C13H14FN3O2S. The summed E-state index contributed by atoms with van der Waals surface area (Å²) >= 11 is 1.54. The molecule has 0 spiro atoms. The summed E-state index contributed by atoms with van der Waals surface area (Å²) in [6.45, 7) is 3.86. The largest absolute Gasteiger partial charge is 0.478 e. The molecule has 0 amide bonds. The molecule has 0 aliphatic heterocycles. The number of hydrogen-bond donors (Lipinski definition) is 2. The first-order chi connectivity index (χ1) is 9.52. The Morgan fingerprint density at radius 1 is 1.55 bits per heavy atom. The molecule has 2 rings (SSSR count). The van der Waals surface area contributed by atoms with Crippen molar-refractivity contribution in [2.75, 3.05) is 5.32 Å². The number of carbonyl (C=O) groups is 1. The summed E-state index contributed by atoms with van der Waals surface area (Å²) in [6.07, 6.45) is 3.95. The first kappa shape index (κ1) is 14.4. The van der Waals surface area contributed by atoms with Crippen LogP contribution in [0.15, 0.2) is 18.5 Å². The number of nitrogens with one attached hydrogen (secondary N) is 1. The first-order valence-corrected chi connectivity index (χ1v) is 6.93. The Morgan fingerprint density at radius 2 is 2.30 bits per heavy atom. The highest BCUT2D eigenvalue weighted by atomic mass is 32.1. The number of nitrogens with zero attached hydrogens (tertiary/aromatic N) is 2. The summed E-state index contributed by atoms with van der Waals surface area (Å²) in [4.78, 5) is 20.1. The van der Waals surface area contributed by atoms with Crippen LogP contribution in [0.5, 0.6) is 0 Å². The van der Waals surface area contributed by atoms with Crippen molar-refractivity contribution in [2.45, 2.75) is 26.3 Å². The average molecular weight is 295 g/mol. The minimum absolute atomic E-state index is 0.0781. The predicted molar refractivity (Wildman–Crippen MR) is 74.7 cm³/mol. The normalized spacial score (nSPS) is 12.2. The molecule has 2 heterocycles. The van der Waals surface area contributed by atoms with E-state index < -0.39 is 17.3 Å². The number of aromatic nitrogens is 2. The number of halogens is 1. The van der Waals surface area contributed by atoms with E-state index in [0.29, 0.717) is 0 Å². The molecule has 0 aliphatic carbocycles. The van der Waals surface area contributed by atoms with Crippen molar-refractivity contribution in [1.82, 2.24) is 9.97 Å². The number of pyridine rings is 1. The smallest absolute Gasteiger partial charge is 0.338 e. The molecular weight excluding hydrogens is 281 g/mol. The van der Waals surface area contributed by atoms with Crippen molar-refractivity contribution in [1.29, 1.82) is 0 Å². The highest BCUT2D eigenvalue weighted by Crippen LogP contribution is 2.25. The molecule has 1 unspecified atom stereocenters. The van der Waals surface area contributed by atoms with E-state index in [1.54, 1.807) is 6.20 Å². The van der Waals surface area contributed by atoms with Gasteiger partial charge in [0, 0.05) is 17.3 Å². The molecule has 0 radical (unpaired) electrons. The van der Waals surface area contributed by atoms with Gasteiger partial charge in [-0.2, -0.15) is 0 Å². The highest BCUT2D eigenvalue weighted by Gasteiger charge is 2.18. The van der Waals surface area contributed by atoms with E-state index in [4.69, 9.17) is 5.11 Å². The Morgan fingerprint density at radius 3 is 2.90 bits per heavy atom. The van der Waals surface area contributed by atoms with E-state index >= 15 is 0 Å². The van der Waals surface area contributed by atoms with Gasteiger partial charge in [0.25, 0.3) is 0 Å². The minimum Gasteiger partial charge on any atom is -0.478 e. The molecule has 20 heavy (non-hydrogen) atoms. The first-order valence-electron chi connectivity index (χ1n) is 6.11. The van der Waals surface area contributed by atoms with Gasteiger partial charge in [-0.3, -0.25) is 0 Å². The Labute approximate surface area is 119 Å². The van der Waals surface area contributed by atoms with Crippen LogP contribution in [0.4, 0.5) is 10.2 Å². The number of carboxylic acids is 1. The van der Waals surface area contributed by atoms with Gasteiger partial charge in [0.1, 0.15) is 10.6 Å². The Hall–Kier alpha value is -2.02. The van der Waals surface area contributed by atoms with Gasteiger partial charge in [0.05, 0.1) is 6.04 Å². The fraction of sp³-hybridized carbons (Fsp3) is 0.308. The molecule has 0 bridgehead atoms. The maximum Gasteiger partial charge on any atom is 0.338 e. The lowest BCUT2D eigenvalue weighted by Gasteiger charge is -2.13. The SMILES string of the molecule is CCc1cnc(C(C)Nc2nccc(C(=O)O)c2F)s1. The number of anilines is 1. The van der Waals surface area contributed by atoms with E-state index in [0.717, 1.165) is 22.4 Å². The Kier molecular flexibility index (Phi) is 4.29. The zero-order chi connectivity index (χ0) is 14.7. The van der Waals surface area contributed by atoms with Crippen LogP contribution in [0.2, 0.25) is 0 Å². The molecule has 106 valence electrons. The molecule has 0 aliphatic rings. The maximum atomic E-state index is 13.9. The lowest BCUT2D eigenvalue weighted by molar-refractivity contribution is 0.0692. The van der Waals surface area contributed by atoms with E-state index in [1.807, 2.05) is 13.8 Å². The molecule has 1 atom stereocenters. The number of hydrogen-bond acceptors (Lipinski definition) is 5. The quantitative estimate of drug-likeness (QED) is 0.886. The molecule has 2 N–H and O–H groups in total. The van der Waals surface area contributed by atoms with Gasteiger partial charge in [-0.15, -0.1) is 11.3 Å². The Bertz CT molecular complexity index is 630. The summed E-state index contributed by atoms with van der Waals surface area (Å²) < 4.78 is 13.9. The van der Waals surface area contributed by atoms with Crippen LogP contribution in [0.1, 0.15) is 40.1 Å². The second kappa shape index (κ2) is 5.96. The van der Waals surface area contributed by atoms with Crippen LogP contribution < -0.4 is 5.32 Å². The van der Waals surface area contributed by atoms with Gasteiger partial charge in [-0.05, 0) is 19.4 Å². The zero-order valence-electron chi connectivity index (χ0n) is 11.1. The van der Waals surface area contributed by atoms with Crippen LogP contribution >= 0.6 is 11.3 Å². The van der Waals surface area contributed by atoms with Gasteiger partial charge >= 0.3 is 5.97 Å². The number of rotatable bonds is 5. The maximum absolute atomic E-state index is 13.9. The predicted octanol–water partition coefficient (Wildman–Crippen LogP) is 3.11. The van der Waals surface area contributed by atoms with E-state index in [9.17, 15) is 9.18 Å². The number of aryl methyl sites for hydroxylation is 1. The number of thiazole rings is 1. The van der Waals surface area contributed by atoms with Crippen molar-refractivity contribution >= 4 is 23.1 Å². The van der Waals surface area contributed by atoms with Crippen LogP contribution in [-0.4, -0.2) is 21.0 Å². The molecule has 0 saturated heterocycles. The minimum atomic E-state index is -1.32. The van der Waals surface area contributed by atoms with Gasteiger partial charge in [0.2, 0.25) is 0 Å². The molecule has 2 aromatic rings. The monoisotopic (exact) mass is 295 g/mol. The van der Waals surface area contributed by atoms with E-state index in [1.165, 1.54) is 17.5 Å². The van der Waals surface area contributed by atoms with E-state index in [-0.39, 0.29) is 11.9 Å². The third-order valence-electron chi connectivity index (χ3n) is 2.76. The lowest BCUT2D eigenvalue weighted by Crippen LogP contribution is -2.11. The van der Waals surface area contributed by atoms with E-state index in [2.05, 4.69) is 15.3 Å². The van der Waals surface area contributed by atoms with Gasteiger partial charge < -0.3 is 10.4 Å². The molecule has 7 heteroatoms. The van der Waals surface area contributed by atoms with Crippen LogP contribution in [-0.2, 0) is 6.42 Å². The van der Waals surface area contributed by atoms with Crippen LogP contribution in [0.25, 0.3) is 0 Å². The molecule has 0 fully saturated rings. The fourth-order valence-corrected chi connectivity index (χ4v) is 2.52. The third-order valence-corrected chi connectivity index (χ3v) is 4.09. The summed E-state index contributed by atoms with van der Waals surface area (Å²) in [5.41, 5.74) is -0.400. The van der Waals surface area contributed by atoms with Crippen molar-refractivity contribution in [3.05, 3.63) is 39.7 Å². The number of aromatic carboxylic acids is 1. The third kappa shape index (κ3) is 2.93. The molecule has 0 aromatic carbocycles. The van der Waals surface area contributed by atoms with Crippen LogP contribution in [0, 0.1) is 5.82 Å². The molecule has 0 saturated carbocycles. The summed E-state index contributed by atoms with van der Waals surface area (Å²) in [6, 6.07) is 0.887. The van der Waals surface area contributed by atoms with Crippen molar-refractivity contribution in [3.8, 4) is 0 Å². The summed E-state index contributed by atoms with van der Waals surface area (Å²) in [5, 5.41) is 12.5. The second-order valence-corrected chi connectivity index (χ2v) is 5.36.